The minimum absolute atomic E-state index is 0.226. The van der Waals surface area contributed by atoms with E-state index in [9.17, 15) is 0 Å². The molecule has 2 unspecified atom stereocenters. The summed E-state index contributed by atoms with van der Waals surface area (Å²) >= 11 is 0. The van der Waals surface area contributed by atoms with Crippen LogP contribution in [0, 0.1) is 6.92 Å². The van der Waals surface area contributed by atoms with Crippen molar-refractivity contribution < 1.29 is 4.42 Å². The number of furan rings is 1. The van der Waals surface area contributed by atoms with Crippen LogP contribution in [0.3, 0.4) is 0 Å². The topological polar surface area (TPSA) is 38.1 Å². The van der Waals surface area contributed by atoms with Crippen LogP contribution < -0.4 is 5.32 Å². The third-order valence-corrected chi connectivity index (χ3v) is 3.20. The summed E-state index contributed by atoms with van der Waals surface area (Å²) in [6.45, 7) is 4.17. The first-order valence-corrected chi connectivity index (χ1v) is 5.86. The molecule has 2 heterocycles. The fourth-order valence-corrected chi connectivity index (χ4v) is 2.21. The van der Waals surface area contributed by atoms with Crippen molar-refractivity contribution in [3.63, 3.8) is 0 Å². The van der Waals surface area contributed by atoms with E-state index in [4.69, 9.17) is 4.42 Å². The largest absolute Gasteiger partial charge is 0.469 e. The van der Waals surface area contributed by atoms with E-state index in [0.717, 1.165) is 11.5 Å². The molecule has 2 rings (SSSR count). The Morgan fingerprint density at radius 3 is 2.65 bits per heavy atom. The second-order valence-corrected chi connectivity index (χ2v) is 4.24. The molecular weight excluding hydrogens is 212 g/mol. The fourth-order valence-electron chi connectivity index (χ4n) is 2.21. The predicted molar refractivity (Wildman–Crippen MR) is 67.9 cm³/mol. The van der Waals surface area contributed by atoms with E-state index >= 15 is 0 Å². The van der Waals surface area contributed by atoms with Gasteiger partial charge >= 0.3 is 0 Å². The lowest BCUT2D eigenvalue weighted by Gasteiger charge is -2.22. The zero-order chi connectivity index (χ0) is 12.3. The van der Waals surface area contributed by atoms with Gasteiger partial charge < -0.3 is 9.73 Å². The molecule has 1 N–H and O–H groups in total. The maximum atomic E-state index is 5.37. The molecule has 0 saturated carbocycles. The first-order chi connectivity index (χ1) is 8.24. The number of nitrogens with one attached hydrogen (secondary N) is 1. The highest BCUT2D eigenvalue weighted by Crippen LogP contribution is 2.31. The Hall–Kier alpha value is -1.61. The monoisotopic (exact) mass is 230 g/mol. The van der Waals surface area contributed by atoms with Crippen molar-refractivity contribution in [1.82, 2.24) is 10.3 Å². The van der Waals surface area contributed by atoms with Gasteiger partial charge in [-0.25, -0.2) is 0 Å². The number of aromatic nitrogens is 1. The molecule has 0 aliphatic rings. The molecule has 0 saturated heterocycles. The van der Waals surface area contributed by atoms with Crippen molar-refractivity contribution in [2.75, 3.05) is 7.05 Å². The number of aryl methyl sites for hydroxylation is 1. The van der Waals surface area contributed by atoms with Crippen LogP contribution in [0.1, 0.15) is 35.9 Å². The second kappa shape index (κ2) is 5.15. The smallest absolute Gasteiger partial charge is 0.105 e. The summed E-state index contributed by atoms with van der Waals surface area (Å²) in [6.07, 6.45) is 3.57. The van der Waals surface area contributed by atoms with Crippen LogP contribution >= 0.6 is 0 Å². The highest BCUT2D eigenvalue weighted by atomic mass is 16.3. The van der Waals surface area contributed by atoms with E-state index < -0.39 is 0 Å². The number of likely N-dealkylation sites (N-methyl/N-ethyl adjacent to an activating group) is 1. The van der Waals surface area contributed by atoms with Crippen molar-refractivity contribution >= 4 is 0 Å². The first kappa shape index (κ1) is 11.9. The Morgan fingerprint density at radius 1 is 1.29 bits per heavy atom. The normalized spacial score (nSPS) is 14.5. The molecule has 0 spiro atoms. The third-order valence-electron chi connectivity index (χ3n) is 3.20. The molecule has 2 atom stereocenters. The summed E-state index contributed by atoms with van der Waals surface area (Å²) in [5.74, 6) is 1.27. The average Bonchev–Trinajstić information content (AvgIpc) is 2.78. The van der Waals surface area contributed by atoms with E-state index in [-0.39, 0.29) is 6.04 Å². The molecule has 0 aliphatic carbocycles. The zero-order valence-corrected chi connectivity index (χ0v) is 10.5. The molecule has 2 aromatic heterocycles. The van der Waals surface area contributed by atoms with Crippen LogP contribution in [0.15, 0.2) is 41.1 Å². The number of hydrogen-bond acceptors (Lipinski definition) is 3. The molecule has 3 heteroatoms. The van der Waals surface area contributed by atoms with Gasteiger partial charge in [0.2, 0.25) is 0 Å². The molecule has 0 radical (unpaired) electrons. The number of rotatable bonds is 4. The molecule has 90 valence electrons. The number of pyridine rings is 1. The number of hydrogen-bond donors (Lipinski definition) is 1. The van der Waals surface area contributed by atoms with Gasteiger partial charge in [-0.2, -0.15) is 0 Å². The van der Waals surface area contributed by atoms with Gasteiger partial charge in [-0.1, -0.05) is 13.0 Å². The van der Waals surface area contributed by atoms with Gasteiger partial charge in [0.1, 0.15) is 5.76 Å². The summed E-state index contributed by atoms with van der Waals surface area (Å²) in [4.78, 5) is 4.42. The molecular formula is C14H18N2O. The first-order valence-electron chi connectivity index (χ1n) is 5.86. The summed E-state index contributed by atoms with van der Waals surface area (Å²) < 4.78 is 5.37. The lowest BCUT2D eigenvalue weighted by atomic mass is 9.92. The van der Waals surface area contributed by atoms with Crippen LogP contribution in [-0.2, 0) is 0 Å². The number of nitrogens with zero attached hydrogens (tertiary/aromatic N) is 1. The summed E-state index contributed by atoms with van der Waals surface area (Å²) in [5.41, 5.74) is 2.29. The quantitative estimate of drug-likeness (QED) is 0.877. The van der Waals surface area contributed by atoms with Gasteiger partial charge in [0.25, 0.3) is 0 Å². The highest BCUT2D eigenvalue weighted by Gasteiger charge is 2.22. The van der Waals surface area contributed by atoms with Crippen molar-refractivity contribution in [3.05, 3.63) is 53.7 Å². The molecule has 3 nitrogen and oxygen atoms in total. The molecule has 0 aromatic carbocycles. The highest BCUT2D eigenvalue weighted by molar-refractivity contribution is 5.25. The average molecular weight is 230 g/mol. The molecule has 2 aromatic rings. The van der Waals surface area contributed by atoms with Gasteiger partial charge in [-0.05, 0) is 32.2 Å². The zero-order valence-electron chi connectivity index (χ0n) is 10.5. The Bertz CT molecular complexity index is 464. The van der Waals surface area contributed by atoms with Crippen molar-refractivity contribution in [3.8, 4) is 0 Å². The Labute approximate surface area is 102 Å². The summed E-state index contributed by atoms with van der Waals surface area (Å²) in [6, 6.07) is 8.27. The van der Waals surface area contributed by atoms with Crippen LogP contribution in [0.5, 0.6) is 0 Å². The lowest BCUT2D eigenvalue weighted by Crippen LogP contribution is -2.23. The fraction of sp³-hybridized carbons (Fsp3) is 0.357. The van der Waals surface area contributed by atoms with Gasteiger partial charge in [-0.15, -0.1) is 0 Å². The third kappa shape index (κ3) is 2.39. The summed E-state index contributed by atoms with van der Waals surface area (Å²) in [7, 11) is 1.97. The second-order valence-electron chi connectivity index (χ2n) is 4.24. The Morgan fingerprint density at radius 2 is 2.12 bits per heavy atom. The summed E-state index contributed by atoms with van der Waals surface area (Å²) in [5, 5.41) is 3.34. The lowest BCUT2D eigenvalue weighted by molar-refractivity contribution is 0.474. The van der Waals surface area contributed by atoms with Crippen molar-refractivity contribution in [2.45, 2.75) is 25.8 Å². The van der Waals surface area contributed by atoms with E-state index in [0.29, 0.717) is 5.92 Å². The van der Waals surface area contributed by atoms with Gasteiger partial charge in [-0.3, -0.25) is 4.98 Å². The van der Waals surface area contributed by atoms with E-state index in [1.807, 2.05) is 38.4 Å². The van der Waals surface area contributed by atoms with Gasteiger partial charge in [0, 0.05) is 29.4 Å². The van der Waals surface area contributed by atoms with E-state index in [1.54, 1.807) is 6.26 Å². The minimum atomic E-state index is 0.226. The van der Waals surface area contributed by atoms with Crippen LogP contribution in [0.25, 0.3) is 0 Å². The SMILES string of the molecule is CNC(c1ccoc1C)C(C)c1ccccn1. The van der Waals surface area contributed by atoms with Gasteiger partial charge in [0.15, 0.2) is 0 Å². The Kier molecular flexibility index (Phi) is 3.59. The van der Waals surface area contributed by atoms with E-state index in [1.165, 1.54) is 5.56 Å². The Balaban J connectivity index is 2.28. The molecule has 0 fully saturated rings. The standard InChI is InChI=1S/C14H18N2O/c1-10(13-6-4-5-8-16-13)14(15-3)12-7-9-17-11(12)2/h4-10,14-15H,1-3H3. The van der Waals surface area contributed by atoms with Crippen molar-refractivity contribution in [2.24, 2.45) is 0 Å². The maximum Gasteiger partial charge on any atom is 0.105 e. The van der Waals surface area contributed by atoms with E-state index in [2.05, 4.69) is 23.3 Å². The van der Waals surface area contributed by atoms with Crippen LogP contribution in [0.2, 0.25) is 0 Å². The minimum Gasteiger partial charge on any atom is -0.469 e. The molecule has 17 heavy (non-hydrogen) atoms. The van der Waals surface area contributed by atoms with Gasteiger partial charge in [0.05, 0.1) is 6.26 Å². The molecule has 0 aliphatic heterocycles. The molecule has 0 bridgehead atoms. The van der Waals surface area contributed by atoms with Crippen LogP contribution in [0.4, 0.5) is 0 Å². The molecule has 0 amide bonds. The van der Waals surface area contributed by atoms with Crippen molar-refractivity contribution in [1.29, 1.82) is 0 Å². The maximum absolute atomic E-state index is 5.37. The predicted octanol–water partition coefficient (Wildman–Crippen LogP) is 3.05. The van der Waals surface area contributed by atoms with Crippen LogP contribution in [-0.4, -0.2) is 12.0 Å².